The molecule has 3 saturated heterocycles. The van der Waals surface area contributed by atoms with Crippen molar-refractivity contribution in [3.05, 3.63) is 0 Å². The highest BCUT2D eigenvalue weighted by Gasteiger charge is 2.36. The minimum absolute atomic E-state index is 0. The van der Waals surface area contributed by atoms with Gasteiger partial charge in [0.05, 0.1) is 12.7 Å². The maximum absolute atomic E-state index is 12.9. The number of hydrogen-bond acceptors (Lipinski definition) is 5. The molecule has 0 aromatic heterocycles. The van der Waals surface area contributed by atoms with Crippen LogP contribution in [0.2, 0.25) is 0 Å². The van der Waals surface area contributed by atoms with Gasteiger partial charge in [0.25, 0.3) is 0 Å². The van der Waals surface area contributed by atoms with Gasteiger partial charge < -0.3 is 24.6 Å². The third-order valence-corrected chi connectivity index (χ3v) is 7.15. The maximum Gasteiger partial charge on any atom is 0.410 e. The molecule has 2 atom stereocenters. The molecule has 3 aliphatic heterocycles. The van der Waals surface area contributed by atoms with Gasteiger partial charge in [0.1, 0.15) is 5.60 Å². The van der Waals surface area contributed by atoms with Gasteiger partial charge in [-0.15, -0.1) is 24.0 Å². The van der Waals surface area contributed by atoms with E-state index in [1.165, 1.54) is 32.2 Å². The zero-order chi connectivity index (χ0) is 22.7. The largest absolute Gasteiger partial charge is 0.444 e. The number of halogens is 1. The molecule has 4 rings (SSSR count). The lowest BCUT2D eigenvalue weighted by Crippen LogP contribution is -2.55. The molecule has 0 bridgehead atoms. The van der Waals surface area contributed by atoms with Gasteiger partial charge in [-0.2, -0.15) is 0 Å². The van der Waals surface area contributed by atoms with Crippen LogP contribution in [0.3, 0.4) is 0 Å². The molecule has 0 aromatic rings. The average Bonchev–Trinajstić information content (AvgIpc) is 3.46. The summed E-state index contributed by atoms with van der Waals surface area (Å²) in [7, 11) is 1.85. The number of ether oxygens (including phenoxy) is 2. The number of piperidine rings is 1. The number of aliphatic imine (C=N–C) groups is 1. The second kappa shape index (κ2) is 11.7. The number of amides is 1. The number of carbonyl (C=O) groups excluding carboxylic acids is 1. The van der Waals surface area contributed by atoms with E-state index in [9.17, 15) is 4.79 Å². The summed E-state index contributed by atoms with van der Waals surface area (Å²) in [5.41, 5.74) is -0.457. The van der Waals surface area contributed by atoms with E-state index >= 15 is 0 Å². The van der Waals surface area contributed by atoms with Crippen LogP contribution in [0.4, 0.5) is 4.79 Å². The van der Waals surface area contributed by atoms with Crippen molar-refractivity contribution in [2.75, 3.05) is 52.9 Å². The van der Waals surface area contributed by atoms with Crippen LogP contribution in [-0.2, 0) is 9.47 Å². The number of guanidine groups is 1. The number of fused-ring (bicyclic) bond motifs is 1. The molecule has 9 heteroatoms. The maximum atomic E-state index is 12.9. The zero-order valence-corrected chi connectivity index (χ0v) is 23.3. The summed E-state index contributed by atoms with van der Waals surface area (Å²) in [6.07, 6.45) is 7.00. The van der Waals surface area contributed by atoms with Gasteiger partial charge in [0.2, 0.25) is 0 Å². The Balaban J connectivity index is 0.00000306. The average molecular weight is 578 g/mol. The van der Waals surface area contributed by atoms with Crippen LogP contribution in [-0.4, -0.2) is 103 Å². The fourth-order valence-electron chi connectivity index (χ4n) is 5.21. The summed E-state index contributed by atoms with van der Waals surface area (Å²) in [5, 5.41) is 3.55. The molecule has 8 nitrogen and oxygen atoms in total. The Hall–Kier alpha value is -0.810. The van der Waals surface area contributed by atoms with Crippen LogP contribution in [0.1, 0.15) is 59.3 Å². The van der Waals surface area contributed by atoms with Crippen molar-refractivity contribution < 1.29 is 14.3 Å². The van der Waals surface area contributed by atoms with Crippen molar-refractivity contribution in [2.24, 2.45) is 10.9 Å². The Kier molecular flexibility index (Phi) is 9.54. The van der Waals surface area contributed by atoms with E-state index in [4.69, 9.17) is 9.47 Å². The second-order valence-corrected chi connectivity index (χ2v) is 11.0. The lowest BCUT2D eigenvalue weighted by molar-refractivity contribution is -0.0455. The van der Waals surface area contributed by atoms with Crippen LogP contribution < -0.4 is 5.32 Å². The van der Waals surface area contributed by atoms with Crippen LogP contribution in [0.15, 0.2) is 4.99 Å². The molecule has 0 spiro atoms. The summed E-state index contributed by atoms with van der Waals surface area (Å²) in [4.78, 5) is 24.3. The molecule has 1 saturated carbocycles. The Bertz CT molecular complexity index is 674. The van der Waals surface area contributed by atoms with Crippen molar-refractivity contribution in [1.29, 1.82) is 0 Å². The smallest absolute Gasteiger partial charge is 0.410 e. The molecular weight excluding hydrogens is 533 g/mol. The van der Waals surface area contributed by atoms with E-state index in [0.29, 0.717) is 12.0 Å². The van der Waals surface area contributed by atoms with Crippen molar-refractivity contribution >= 4 is 36.0 Å². The Morgan fingerprint density at radius 2 is 1.88 bits per heavy atom. The normalized spacial score (nSPS) is 27.0. The van der Waals surface area contributed by atoms with E-state index in [0.717, 1.165) is 58.1 Å². The summed E-state index contributed by atoms with van der Waals surface area (Å²) < 4.78 is 11.8. The monoisotopic (exact) mass is 577 g/mol. The van der Waals surface area contributed by atoms with E-state index < -0.39 is 5.60 Å². The van der Waals surface area contributed by atoms with E-state index in [1.54, 1.807) is 0 Å². The molecule has 4 fully saturated rings. The van der Waals surface area contributed by atoms with Gasteiger partial charge in [-0.1, -0.05) is 0 Å². The van der Waals surface area contributed by atoms with Gasteiger partial charge >= 0.3 is 6.09 Å². The fourth-order valence-corrected chi connectivity index (χ4v) is 5.21. The molecule has 4 aliphatic rings. The molecule has 1 amide bonds. The van der Waals surface area contributed by atoms with Crippen molar-refractivity contribution in [2.45, 2.75) is 83.1 Å². The molecule has 0 radical (unpaired) electrons. The number of nitrogens with one attached hydrogen (secondary N) is 1. The Morgan fingerprint density at radius 1 is 1.15 bits per heavy atom. The first-order chi connectivity index (χ1) is 15.3. The summed E-state index contributed by atoms with van der Waals surface area (Å²) >= 11 is 0. The highest BCUT2D eigenvalue weighted by Crippen LogP contribution is 2.32. The van der Waals surface area contributed by atoms with Crippen molar-refractivity contribution in [3.8, 4) is 0 Å². The van der Waals surface area contributed by atoms with Crippen LogP contribution in [0.5, 0.6) is 0 Å². The number of likely N-dealkylation sites (tertiary alicyclic amines) is 1. The molecule has 1 N–H and O–H groups in total. The predicted octanol–water partition coefficient (Wildman–Crippen LogP) is 3.15. The molecule has 190 valence electrons. The van der Waals surface area contributed by atoms with Gasteiger partial charge in [0, 0.05) is 51.9 Å². The predicted molar refractivity (Wildman–Crippen MR) is 141 cm³/mol. The van der Waals surface area contributed by atoms with E-state index in [2.05, 4.69) is 20.1 Å². The van der Waals surface area contributed by atoms with Gasteiger partial charge in [-0.25, -0.2) is 4.79 Å². The first-order valence-electron chi connectivity index (χ1n) is 12.6. The van der Waals surface area contributed by atoms with Crippen LogP contribution in [0, 0.1) is 5.92 Å². The molecule has 2 unspecified atom stereocenters. The van der Waals surface area contributed by atoms with Crippen molar-refractivity contribution in [1.82, 2.24) is 20.0 Å². The van der Waals surface area contributed by atoms with Gasteiger partial charge in [-0.3, -0.25) is 9.89 Å². The third-order valence-electron chi connectivity index (χ3n) is 7.15. The summed E-state index contributed by atoms with van der Waals surface area (Å²) in [5.74, 6) is 1.60. The van der Waals surface area contributed by atoms with E-state index in [-0.39, 0.29) is 42.2 Å². The van der Waals surface area contributed by atoms with Crippen LogP contribution >= 0.6 is 24.0 Å². The van der Waals surface area contributed by atoms with Gasteiger partial charge in [-0.05, 0) is 71.8 Å². The number of nitrogens with zero attached hydrogens (tertiary/aromatic N) is 4. The molecule has 0 aromatic carbocycles. The number of carbonyl (C=O) groups is 1. The van der Waals surface area contributed by atoms with Crippen LogP contribution in [0.25, 0.3) is 0 Å². The first-order valence-corrected chi connectivity index (χ1v) is 12.6. The number of rotatable bonds is 5. The molecule has 33 heavy (non-hydrogen) atoms. The second-order valence-electron chi connectivity index (χ2n) is 11.0. The highest BCUT2D eigenvalue weighted by molar-refractivity contribution is 14.0. The molecular formula is C24H44IN5O3. The molecule has 1 aliphatic carbocycles. The SMILES string of the molecule is CN=C(NCC1CN2CCCC2CO1)N1CCC(N(CC2CC2)C(=O)OC(C)(C)C)CC1.I. The fraction of sp³-hybridized carbons (Fsp3) is 0.917. The third kappa shape index (κ3) is 7.59. The minimum Gasteiger partial charge on any atom is -0.444 e. The summed E-state index contributed by atoms with van der Waals surface area (Å²) in [6.45, 7) is 12.3. The quantitative estimate of drug-likeness (QED) is 0.308. The lowest BCUT2D eigenvalue weighted by Gasteiger charge is -2.40. The highest BCUT2D eigenvalue weighted by atomic mass is 127. The summed E-state index contributed by atoms with van der Waals surface area (Å²) in [6, 6.07) is 0.877. The van der Waals surface area contributed by atoms with Crippen molar-refractivity contribution in [3.63, 3.8) is 0 Å². The lowest BCUT2D eigenvalue weighted by atomic mass is 10.0. The first kappa shape index (κ1) is 26.8. The Labute approximate surface area is 216 Å². The minimum atomic E-state index is -0.457. The van der Waals surface area contributed by atoms with Gasteiger partial charge in [0.15, 0.2) is 5.96 Å². The number of hydrogen-bond donors (Lipinski definition) is 1. The topological polar surface area (TPSA) is 69.6 Å². The standard InChI is InChI=1S/C24H43N5O3.HI/c1-24(2,3)32-23(30)29(15-18-7-8-18)19-9-12-27(13-10-19)22(25-4)26-14-21-16-28-11-5-6-20(28)17-31-21;/h18-21H,5-17H2,1-4H3,(H,25,26);1H. The Morgan fingerprint density at radius 3 is 2.52 bits per heavy atom. The zero-order valence-electron chi connectivity index (χ0n) is 20.9. The molecule has 3 heterocycles. The van der Waals surface area contributed by atoms with E-state index in [1.807, 2.05) is 32.7 Å². The number of morpholine rings is 1.